The highest BCUT2D eigenvalue weighted by Gasteiger charge is 2.06. The highest BCUT2D eigenvalue weighted by Crippen LogP contribution is 2.11. The van der Waals surface area contributed by atoms with Crippen LogP contribution in [0.5, 0.6) is 0 Å². The van der Waals surface area contributed by atoms with Crippen LogP contribution < -0.4 is 5.32 Å². The molecule has 4 nitrogen and oxygen atoms in total. The molecule has 1 amide bonds. The number of rotatable bonds is 5. The van der Waals surface area contributed by atoms with Crippen molar-refractivity contribution in [1.82, 2.24) is 0 Å². The van der Waals surface area contributed by atoms with Gasteiger partial charge in [-0.3, -0.25) is 4.79 Å². The van der Waals surface area contributed by atoms with Crippen molar-refractivity contribution in [2.75, 3.05) is 17.3 Å². The van der Waals surface area contributed by atoms with Crippen molar-refractivity contribution in [2.24, 2.45) is 0 Å². The lowest BCUT2D eigenvalue weighted by Crippen LogP contribution is -2.13. The predicted molar refractivity (Wildman–Crippen MR) is 76.7 cm³/mol. The molecule has 6 heteroatoms. The van der Waals surface area contributed by atoms with E-state index in [-0.39, 0.29) is 18.1 Å². The Labute approximate surface area is 115 Å². The summed E-state index contributed by atoms with van der Waals surface area (Å²) < 4.78 is 22.8. The van der Waals surface area contributed by atoms with Gasteiger partial charge >= 0.3 is 0 Å². The van der Waals surface area contributed by atoms with Gasteiger partial charge in [0.15, 0.2) is 0 Å². The molecule has 0 atom stereocenters. The maximum absolute atomic E-state index is 11.5. The van der Waals surface area contributed by atoms with E-state index in [9.17, 15) is 13.2 Å². The van der Waals surface area contributed by atoms with Gasteiger partial charge in [0, 0.05) is 21.9 Å². The number of carbonyl (C=O) groups is 1. The maximum Gasteiger partial charge on any atom is 0.224 e. The van der Waals surface area contributed by atoms with Gasteiger partial charge in [-0.2, -0.15) is 0 Å². The lowest BCUT2D eigenvalue weighted by atomic mass is 10.3. The fraction of sp³-hybridized carbons (Fsp3) is 0.364. The average molecular weight is 367 g/mol. The summed E-state index contributed by atoms with van der Waals surface area (Å²) in [5, 5.41) is 2.72. The number of anilines is 1. The molecule has 0 fully saturated rings. The van der Waals surface area contributed by atoms with E-state index in [4.69, 9.17) is 0 Å². The van der Waals surface area contributed by atoms with Gasteiger partial charge in [0.25, 0.3) is 0 Å². The standard InChI is InChI=1S/C11H14INO3S/c1-17(15,16)8-2-3-11(14)13-10-6-4-9(12)5-7-10/h4-7H,2-3,8H2,1H3,(H,13,14). The maximum atomic E-state index is 11.5. The molecule has 0 saturated carbocycles. The molecule has 1 aromatic rings. The van der Waals surface area contributed by atoms with Crippen molar-refractivity contribution >= 4 is 44.0 Å². The van der Waals surface area contributed by atoms with E-state index in [1.54, 1.807) is 0 Å². The first-order valence-electron chi connectivity index (χ1n) is 5.10. The largest absolute Gasteiger partial charge is 0.326 e. The van der Waals surface area contributed by atoms with Crippen molar-refractivity contribution in [1.29, 1.82) is 0 Å². The third-order valence-corrected chi connectivity index (χ3v) is 3.80. The molecule has 0 aromatic heterocycles. The SMILES string of the molecule is CS(=O)(=O)CCCC(=O)Nc1ccc(I)cc1. The quantitative estimate of drug-likeness (QED) is 0.811. The number of benzene rings is 1. The first-order valence-corrected chi connectivity index (χ1v) is 8.24. The van der Waals surface area contributed by atoms with E-state index >= 15 is 0 Å². The minimum absolute atomic E-state index is 0.0487. The van der Waals surface area contributed by atoms with Gasteiger partial charge in [0.1, 0.15) is 9.84 Å². The molecular weight excluding hydrogens is 353 g/mol. The Morgan fingerprint density at radius 3 is 2.41 bits per heavy atom. The summed E-state index contributed by atoms with van der Waals surface area (Å²) in [7, 11) is -2.98. The van der Waals surface area contributed by atoms with Crippen LogP contribution in [0.2, 0.25) is 0 Å². The molecule has 0 saturated heterocycles. The molecule has 0 aliphatic heterocycles. The fourth-order valence-electron chi connectivity index (χ4n) is 1.25. The molecular formula is C11H14INO3S. The van der Waals surface area contributed by atoms with Gasteiger partial charge in [0.2, 0.25) is 5.91 Å². The molecule has 0 aliphatic rings. The topological polar surface area (TPSA) is 63.2 Å². The third kappa shape index (κ3) is 6.62. The Morgan fingerprint density at radius 2 is 1.88 bits per heavy atom. The molecule has 1 aromatic carbocycles. The second-order valence-corrected chi connectivity index (χ2v) is 7.29. The Bertz CT molecular complexity index is 482. The molecule has 0 heterocycles. The van der Waals surface area contributed by atoms with Crippen LogP contribution in [-0.2, 0) is 14.6 Å². The summed E-state index contributed by atoms with van der Waals surface area (Å²) in [6.45, 7) is 0. The van der Waals surface area contributed by atoms with E-state index in [1.165, 1.54) is 6.26 Å². The van der Waals surface area contributed by atoms with Gasteiger partial charge in [0.05, 0.1) is 5.75 Å². The second-order valence-electron chi connectivity index (χ2n) is 3.79. The van der Waals surface area contributed by atoms with Crippen LogP contribution in [0.15, 0.2) is 24.3 Å². The molecule has 1 N–H and O–H groups in total. The molecule has 0 bridgehead atoms. The van der Waals surface area contributed by atoms with E-state index in [2.05, 4.69) is 27.9 Å². The number of nitrogens with one attached hydrogen (secondary N) is 1. The highest BCUT2D eigenvalue weighted by molar-refractivity contribution is 14.1. The van der Waals surface area contributed by atoms with Gasteiger partial charge in [-0.25, -0.2) is 8.42 Å². The monoisotopic (exact) mass is 367 g/mol. The van der Waals surface area contributed by atoms with Gasteiger partial charge in [-0.15, -0.1) is 0 Å². The Kier molecular flexibility index (Phi) is 5.38. The number of hydrogen-bond donors (Lipinski definition) is 1. The Morgan fingerprint density at radius 1 is 1.29 bits per heavy atom. The van der Waals surface area contributed by atoms with Crippen molar-refractivity contribution in [3.63, 3.8) is 0 Å². The number of amides is 1. The van der Waals surface area contributed by atoms with Crippen molar-refractivity contribution in [3.05, 3.63) is 27.8 Å². The summed E-state index contributed by atoms with van der Waals surface area (Å²) in [4.78, 5) is 11.5. The van der Waals surface area contributed by atoms with E-state index < -0.39 is 9.84 Å². The third-order valence-electron chi connectivity index (χ3n) is 2.05. The lowest BCUT2D eigenvalue weighted by Gasteiger charge is -2.04. The van der Waals surface area contributed by atoms with Gasteiger partial charge < -0.3 is 5.32 Å². The van der Waals surface area contributed by atoms with Gasteiger partial charge in [-0.05, 0) is 53.3 Å². The first kappa shape index (κ1) is 14.4. The minimum atomic E-state index is -2.98. The number of halogens is 1. The van der Waals surface area contributed by atoms with Gasteiger partial charge in [-0.1, -0.05) is 0 Å². The summed E-state index contributed by atoms with van der Waals surface area (Å²) >= 11 is 2.18. The number of hydrogen-bond acceptors (Lipinski definition) is 3. The molecule has 0 spiro atoms. The van der Waals surface area contributed by atoms with Crippen LogP contribution in [0.3, 0.4) is 0 Å². The van der Waals surface area contributed by atoms with E-state index in [0.29, 0.717) is 6.42 Å². The van der Waals surface area contributed by atoms with Crippen LogP contribution in [0.4, 0.5) is 5.69 Å². The molecule has 0 unspecified atom stereocenters. The molecule has 94 valence electrons. The van der Waals surface area contributed by atoms with Crippen molar-refractivity contribution in [2.45, 2.75) is 12.8 Å². The minimum Gasteiger partial charge on any atom is -0.326 e. The Hall–Kier alpha value is -0.630. The van der Waals surface area contributed by atoms with Crippen molar-refractivity contribution < 1.29 is 13.2 Å². The second kappa shape index (κ2) is 6.34. The van der Waals surface area contributed by atoms with Crippen LogP contribution in [0.1, 0.15) is 12.8 Å². The lowest BCUT2D eigenvalue weighted by molar-refractivity contribution is -0.116. The zero-order valence-electron chi connectivity index (χ0n) is 9.44. The zero-order chi connectivity index (χ0) is 12.9. The first-order chi connectivity index (χ1) is 7.87. The van der Waals surface area contributed by atoms with Crippen LogP contribution >= 0.6 is 22.6 Å². The molecule has 1 rings (SSSR count). The summed E-state index contributed by atoms with van der Waals surface area (Å²) in [5.74, 6) is -0.109. The van der Waals surface area contributed by atoms with Crippen molar-refractivity contribution in [3.8, 4) is 0 Å². The number of carbonyl (C=O) groups excluding carboxylic acids is 1. The molecule has 0 aliphatic carbocycles. The van der Waals surface area contributed by atoms with Crippen LogP contribution in [0, 0.1) is 3.57 Å². The average Bonchev–Trinajstić information content (AvgIpc) is 2.19. The summed E-state index contributed by atoms with van der Waals surface area (Å²) in [6.07, 6.45) is 1.75. The molecule has 17 heavy (non-hydrogen) atoms. The van der Waals surface area contributed by atoms with Crippen LogP contribution in [-0.4, -0.2) is 26.3 Å². The summed E-state index contributed by atoms with van der Waals surface area (Å²) in [5.41, 5.74) is 0.731. The van der Waals surface area contributed by atoms with E-state index in [0.717, 1.165) is 9.26 Å². The number of sulfone groups is 1. The Balaban J connectivity index is 2.37. The van der Waals surface area contributed by atoms with Crippen LogP contribution in [0.25, 0.3) is 0 Å². The normalized spacial score (nSPS) is 11.2. The zero-order valence-corrected chi connectivity index (χ0v) is 12.4. The smallest absolute Gasteiger partial charge is 0.224 e. The van der Waals surface area contributed by atoms with E-state index in [1.807, 2.05) is 24.3 Å². The fourth-order valence-corrected chi connectivity index (χ4v) is 2.28. The highest BCUT2D eigenvalue weighted by atomic mass is 127. The summed E-state index contributed by atoms with van der Waals surface area (Å²) in [6, 6.07) is 7.42. The predicted octanol–water partition coefficient (Wildman–Crippen LogP) is 2.05. The molecule has 0 radical (unpaired) electrons.